The van der Waals surface area contributed by atoms with Gasteiger partial charge in [0.05, 0.1) is 4.90 Å². The van der Waals surface area contributed by atoms with Crippen molar-refractivity contribution in [3.63, 3.8) is 0 Å². The Hall–Kier alpha value is -2.23. The number of carbonyl (C=O) groups is 2. The summed E-state index contributed by atoms with van der Waals surface area (Å²) < 4.78 is 27.4. The normalized spacial score (nSPS) is 12.4. The Labute approximate surface area is 192 Å². The van der Waals surface area contributed by atoms with Crippen LogP contribution in [0.25, 0.3) is 0 Å². The van der Waals surface area contributed by atoms with Gasteiger partial charge in [-0.25, -0.2) is 12.7 Å². The number of halogens is 1. The summed E-state index contributed by atoms with van der Waals surface area (Å²) in [7, 11) is -0.574. The first-order chi connectivity index (χ1) is 14.7. The maximum Gasteiger partial charge on any atom is 0.242 e. The van der Waals surface area contributed by atoms with Gasteiger partial charge in [-0.05, 0) is 43.2 Å². The van der Waals surface area contributed by atoms with Gasteiger partial charge in [0.1, 0.15) is 6.04 Å². The van der Waals surface area contributed by atoms with E-state index in [9.17, 15) is 18.0 Å². The molecule has 0 aromatic heterocycles. The van der Waals surface area contributed by atoms with Crippen molar-refractivity contribution in [1.29, 1.82) is 0 Å². The highest BCUT2D eigenvalue weighted by molar-refractivity contribution is 9.10. The molecule has 2 aromatic carbocycles. The zero-order valence-corrected chi connectivity index (χ0v) is 20.3. The molecule has 0 aliphatic heterocycles. The van der Waals surface area contributed by atoms with Crippen molar-refractivity contribution in [1.82, 2.24) is 14.5 Å². The van der Waals surface area contributed by atoms with Crippen LogP contribution >= 0.6 is 15.9 Å². The van der Waals surface area contributed by atoms with Crippen molar-refractivity contribution in [3.8, 4) is 0 Å². The predicted octanol–water partition coefficient (Wildman–Crippen LogP) is 3.01. The Morgan fingerprint density at radius 3 is 2.39 bits per heavy atom. The second-order valence-corrected chi connectivity index (χ2v) is 10.1. The number of amides is 2. The molecule has 0 spiro atoms. The first kappa shape index (κ1) is 25.0. The van der Waals surface area contributed by atoms with E-state index in [4.69, 9.17) is 0 Å². The maximum absolute atomic E-state index is 13.0. The van der Waals surface area contributed by atoms with Crippen molar-refractivity contribution in [2.75, 3.05) is 20.6 Å². The lowest BCUT2D eigenvalue weighted by Gasteiger charge is -2.28. The Morgan fingerprint density at radius 2 is 1.77 bits per heavy atom. The first-order valence-electron chi connectivity index (χ1n) is 9.93. The summed E-state index contributed by atoms with van der Waals surface area (Å²) in [6.45, 7) is 2.16. The monoisotopic (exact) mass is 509 g/mol. The second kappa shape index (κ2) is 11.4. The lowest BCUT2D eigenvalue weighted by Crippen LogP contribution is -2.46. The lowest BCUT2D eigenvalue weighted by molar-refractivity contribution is -0.140. The minimum Gasteiger partial charge on any atom is -0.357 e. The molecule has 1 N–H and O–H groups in total. The number of nitrogens with zero attached hydrogens (tertiary/aromatic N) is 2. The van der Waals surface area contributed by atoms with Crippen LogP contribution in [-0.4, -0.2) is 56.1 Å². The van der Waals surface area contributed by atoms with Gasteiger partial charge in [-0.15, -0.1) is 0 Å². The average molecular weight is 510 g/mol. The fourth-order valence-electron chi connectivity index (χ4n) is 3.11. The summed E-state index contributed by atoms with van der Waals surface area (Å²) >= 11 is 3.42. The smallest absolute Gasteiger partial charge is 0.242 e. The van der Waals surface area contributed by atoms with E-state index in [1.165, 1.54) is 23.3 Å². The molecule has 0 fully saturated rings. The molecule has 168 valence electrons. The van der Waals surface area contributed by atoms with Crippen LogP contribution in [0.3, 0.4) is 0 Å². The molecule has 0 heterocycles. The van der Waals surface area contributed by atoms with E-state index in [0.717, 1.165) is 10.0 Å². The summed E-state index contributed by atoms with van der Waals surface area (Å²) in [5.41, 5.74) is 0.891. The molecule has 9 heteroatoms. The standard InChI is InChI=1S/C22H28BrN3O4S/c1-17(22(28)24-2)26(16-18-9-7-10-19(23)15-18)21(27)13-8-14-25(3)31(29,30)20-11-5-4-6-12-20/h4-7,9-12,15,17H,8,13-14,16H2,1-3H3,(H,24,28)/t17-/m0/s1. The van der Waals surface area contributed by atoms with Crippen LogP contribution < -0.4 is 5.32 Å². The molecule has 0 aliphatic carbocycles. The van der Waals surface area contributed by atoms with E-state index in [2.05, 4.69) is 21.2 Å². The number of rotatable bonds is 10. The van der Waals surface area contributed by atoms with Crippen LogP contribution in [0.5, 0.6) is 0 Å². The van der Waals surface area contributed by atoms with Gasteiger partial charge in [0, 0.05) is 38.1 Å². The summed E-state index contributed by atoms with van der Waals surface area (Å²) in [5, 5.41) is 2.58. The molecule has 2 amide bonds. The van der Waals surface area contributed by atoms with Crippen molar-refractivity contribution in [2.45, 2.75) is 37.2 Å². The summed E-state index contributed by atoms with van der Waals surface area (Å²) in [6.07, 6.45) is 0.473. The SMILES string of the molecule is CNC(=O)[C@H](C)N(Cc1cccc(Br)c1)C(=O)CCCN(C)S(=O)(=O)c1ccccc1. The Morgan fingerprint density at radius 1 is 1.10 bits per heavy atom. The zero-order valence-electron chi connectivity index (χ0n) is 17.9. The fourth-order valence-corrected chi connectivity index (χ4v) is 4.79. The van der Waals surface area contributed by atoms with Gasteiger partial charge in [-0.1, -0.05) is 46.3 Å². The van der Waals surface area contributed by atoms with Gasteiger partial charge in [0.15, 0.2) is 0 Å². The Bertz CT molecular complexity index is 999. The van der Waals surface area contributed by atoms with Gasteiger partial charge in [0.2, 0.25) is 21.8 Å². The van der Waals surface area contributed by atoms with Gasteiger partial charge >= 0.3 is 0 Å². The molecule has 2 rings (SSSR count). The number of likely N-dealkylation sites (N-methyl/N-ethyl adjacent to an activating group) is 1. The highest BCUT2D eigenvalue weighted by atomic mass is 79.9. The van der Waals surface area contributed by atoms with Crippen LogP contribution in [-0.2, 0) is 26.2 Å². The molecule has 2 aromatic rings. The van der Waals surface area contributed by atoms with E-state index in [0.29, 0.717) is 6.42 Å². The molecule has 1 atom stereocenters. The van der Waals surface area contributed by atoms with E-state index < -0.39 is 16.1 Å². The maximum atomic E-state index is 13.0. The third-order valence-electron chi connectivity index (χ3n) is 4.97. The molecule has 0 saturated heterocycles. The fraction of sp³-hybridized carbons (Fsp3) is 0.364. The number of sulfonamides is 1. The van der Waals surface area contributed by atoms with E-state index in [1.807, 2.05) is 24.3 Å². The van der Waals surface area contributed by atoms with Gasteiger partial charge < -0.3 is 10.2 Å². The zero-order chi connectivity index (χ0) is 23.0. The van der Waals surface area contributed by atoms with Gasteiger partial charge in [0.25, 0.3) is 0 Å². The summed E-state index contributed by atoms with van der Waals surface area (Å²) in [4.78, 5) is 26.9. The highest BCUT2D eigenvalue weighted by Gasteiger charge is 2.26. The van der Waals surface area contributed by atoms with Crippen molar-refractivity contribution in [3.05, 3.63) is 64.6 Å². The first-order valence-corrected chi connectivity index (χ1v) is 12.2. The van der Waals surface area contributed by atoms with E-state index in [-0.39, 0.29) is 36.2 Å². The van der Waals surface area contributed by atoms with Gasteiger partial charge in [-0.2, -0.15) is 0 Å². The van der Waals surface area contributed by atoms with Crippen LogP contribution in [0.4, 0.5) is 0 Å². The number of nitrogens with one attached hydrogen (secondary N) is 1. The quantitative estimate of drug-likeness (QED) is 0.533. The topological polar surface area (TPSA) is 86.8 Å². The number of hydrogen-bond acceptors (Lipinski definition) is 4. The Kier molecular flexibility index (Phi) is 9.21. The van der Waals surface area contributed by atoms with E-state index >= 15 is 0 Å². The second-order valence-electron chi connectivity index (χ2n) is 7.18. The van der Waals surface area contributed by atoms with Gasteiger partial charge in [-0.3, -0.25) is 9.59 Å². The molecular formula is C22H28BrN3O4S. The largest absolute Gasteiger partial charge is 0.357 e. The third-order valence-corrected chi connectivity index (χ3v) is 7.34. The molecule has 0 aliphatic rings. The van der Waals surface area contributed by atoms with Crippen LogP contribution in [0.15, 0.2) is 64.0 Å². The minimum absolute atomic E-state index is 0.129. The van der Waals surface area contributed by atoms with Crippen LogP contribution in [0, 0.1) is 0 Å². The number of carbonyl (C=O) groups excluding carboxylic acids is 2. The average Bonchev–Trinajstić information content (AvgIpc) is 2.76. The third kappa shape index (κ3) is 6.88. The number of hydrogen-bond donors (Lipinski definition) is 1. The van der Waals surface area contributed by atoms with E-state index in [1.54, 1.807) is 37.3 Å². The van der Waals surface area contributed by atoms with Crippen molar-refractivity contribution in [2.24, 2.45) is 0 Å². The van der Waals surface area contributed by atoms with Crippen molar-refractivity contribution >= 4 is 37.8 Å². The minimum atomic E-state index is -3.61. The van der Waals surface area contributed by atoms with Crippen molar-refractivity contribution < 1.29 is 18.0 Å². The molecule has 0 unspecified atom stereocenters. The molecular weight excluding hydrogens is 482 g/mol. The van der Waals surface area contributed by atoms with Crippen LogP contribution in [0.1, 0.15) is 25.3 Å². The molecule has 0 saturated carbocycles. The molecule has 7 nitrogen and oxygen atoms in total. The molecule has 31 heavy (non-hydrogen) atoms. The van der Waals surface area contributed by atoms with Crippen LogP contribution in [0.2, 0.25) is 0 Å². The number of benzene rings is 2. The molecule has 0 bridgehead atoms. The molecule has 0 radical (unpaired) electrons. The predicted molar refractivity (Wildman–Crippen MR) is 124 cm³/mol. The highest BCUT2D eigenvalue weighted by Crippen LogP contribution is 2.17. The lowest BCUT2D eigenvalue weighted by atomic mass is 10.1. The summed E-state index contributed by atoms with van der Waals surface area (Å²) in [6, 6.07) is 15.1. The Balaban J connectivity index is 2.05. The summed E-state index contributed by atoms with van der Waals surface area (Å²) in [5.74, 6) is -0.464.